The van der Waals surface area contributed by atoms with Gasteiger partial charge >= 0.3 is 0 Å². The monoisotopic (exact) mass is 277 g/mol. The SMILES string of the molecule is CCCCCC(C)NCc1cn[nH]c1-c1cccs1. The predicted molar refractivity (Wildman–Crippen MR) is 82.3 cm³/mol. The Morgan fingerprint density at radius 3 is 3.05 bits per heavy atom. The van der Waals surface area contributed by atoms with Gasteiger partial charge < -0.3 is 5.32 Å². The Kier molecular flexibility index (Phi) is 5.61. The minimum atomic E-state index is 0.567. The van der Waals surface area contributed by atoms with Gasteiger partial charge in [-0.2, -0.15) is 5.10 Å². The molecule has 4 heteroatoms. The number of thiophene rings is 1. The second-order valence-corrected chi connectivity index (χ2v) is 5.97. The van der Waals surface area contributed by atoms with Crippen LogP contribution in [-0.2, 0) is 6.54 Å². The van der Waals surface area contributed by atoms with Crippen molar-refractivity contribution in [1.29, 1.82) is 0 Å². The standard InChI is InChI=1S/C15H23N3S/c1-3-4-5-7-12(2)16-10-13-11-17-18-15(13)14-8-6-9-19-14/h6,8-9,11-12,16H,3-5,7,10H2,1-2H3,(H,17,18). The zero-order valence-electron chi connectivity index (χ0n) is 11.8. The van der Waals surface area contributed by atoms with Gasteiger partial charge in [-0.05, 0) is 24.8 Å². The highest BCUT2D eigenvalue weighted by molar-refractivity contribution is 7.13. The lowest BCUT2D eigenvalue weighted by atomic mass is 10.1. The van der Waals surface area contributed by atoms with Crippen LogP contribution >= 0.6 is 11.3 Å². The Morgan fingerprint density at radius 1 is 1.42 bits per heavy atom. The first-order valence-corrected chi connectivity index (χ1v) is 7.98. The molecule has 1 unspecified atom stereocenters. The normalized spacial score (nSPS) is 12.7. The molecule has 0 aliphatic heterocycles. The second kappa shape index (κ2) is 7.46. The average molecular weight is 277 g/mol. The van der Waals surface area contributed by atoms with Crippen LogP contribution in [0.1, 0.15) is 45.1 Å². The zero-order valence-corrected chi connectivity index (χ0v) is 12.6. The minimum absolute atomic E-state index is 0.567. The van der Waals surface area contributed by atoms with Crippen molar-refractivity contribution in [3.8, 4) is 10.6 Å². The fourth-order valence-electron chi connectivity index (χ4n) is 2.17. The molecule has 2 aromatic heterocycles. The van der Waals surface area contributed by atoms with Crippen LogP contribution in [0.3, 0.4) is 0 Å². The largest absolute Gasteiger partial charge is 0.310 e. The molecule has 1 atom stereocenters. The molecular formula is C15H23N3S. The van der Waals surface area contributed by atoms with Crippen LogP contribution in [0.15, 0.2) is 23.7 Å². The molecule has 0 aromatic carbocycles. The van der Waals surface area contributed by atoms with Crippen molar-refractivity contribution in [3.63, 3.8) is 0 Å². The molecule has 0 radical (unpaired) electrons. The number of nitrogens with zero attached hydrogens (tertiary/aromatic N) is 1. The van der Waals surface area contributed by atoms with Gasteiger partial charge in [-0.3, -0.25) is 5.10 Å². The number of rotatable bonds is 8. The summed E-state index contributed by atoms with van der Waals surface area (Å²) in [5.41, 5.74) is 2.41. The molecule has 3 nitrogen and oxygen atoms in total. The zero-order chi connectivity index (χ0) is 13.5. The molecular weight excluding hydrogens is 254 g/mol. The van der Waals surface area contributed by atoms with E-state index in [-0.39, 0.29) is 0 Å². The highest BCUT2D eigenvalue weighted by Gasteiger charge is 2.09. The van der Waals surface area contributed by atoms with E-state index in [0.717, 1.165) is 12.2 Å². The Balaban J connectivity index is 1.85. The Morgan fingerprint density at radius 2 is 2.32 bits per heavy atom. The third-order valence-corrected chi connectivity index (χ3v) is 4.25. The summed E-state index contributed by atoms with van der Waals surface area (Å²) in [6.45, 7) is 5.40. The molecule has 0 fully saturated rings. The van der Waals surface area contributed by atoms with Gasteiger partial charge in [0.1, 0.15) is 0 Å². The van der Waals surface area contributed by atoms with Gasteiger partial charge in [0.05, 0.1) is 16.8 Å². The van der Waals surface area contributed by atoms with Crippen molar-refractivity contribution < 1.29 is 0 Å². The summed E-state index contributed by atoms with van der Waals surface area (Å²) in [5, 5.41) is 13.0. The van der Waals surface area contributed by atoms with E-state index in [1.807, 2.05) is 6.20 Å². The average Bonchev–Trinajstić information content (AvgIpc) is 3.07. The molecule has 19 heavy (non-hydrogen) atoms. The third-order valence-electron chi connectivity index (χ3n) is 3.37. The topological polar surface area (TPSA) is 40.7 Å². The Labute approximate surface area is 119 Å². The summed E-state index contributed by atoms with van der Waals surface area (Å²) in [5.74, 6) is 0. The van der Waals surface area contributed by atoms with Crippen molar-refractivity contribution in [2.24, 2.45) is 0 Å². The van der Waals surface area contributed by atoms with E-state index in [0.29, 0.717) is 6.04 Å². The van der Waals surface area contributed by atoms with Gasteiger partial charge in [0.25, 0.3) is 0 Å². The van der Waals surface area contributed by atoms with E-state index >= 15 is 0 Å². The summed E-state index contributed by atoms with van der Waals surface area (Å²) in [4.78, 5) is 1.26. The van der Waals surface area contributed by atoms with Gasteiger partial charge in [0.15, 0.2) is 0 Å². The fourth-order valence-corrected chi connectivity index (χ4v) is 2.92. The van der Waals surface area contributed by atoms with Crippen molar-refractivity contribution in [1.82, 2.24) is 15.5 Å². The molecule has 0 aliphatic carbocycles. The molecule has 104 valence electrons. The lowest BCUT2D eigenvalue weighted by Gasteiger charge is -2.13. The van der Waals surface area contributed by atoms with Crippen molar-refractivity contribution in [3.05, 3.63) is 29.3 Å². The lowest BCUT2D eigenvalue weighted by molar-refractivity contribution is 0.487. The molecule has 2 aromatic rings. The van der Waals surface area contributed by atoms with Crippen LogP contribution in [0.5, 0.6) is 0 Å². The molecule has 0 bridgehead atoms. The van der Waals surface area contributed by atoms with E-state index in [4.69, 9.17) is 0 Å². The quantitative estimate of drug-likeness (QED) is 0.710. The first-order chi connectivity index (χ1) is 9.31. The first-order valence-electron chi connectivity index (χ1n) is 7.10. The molecule has 0 aliphatic rings. The van der Waals surface area contributed by atoms with E-state index in [1.54, 1.807) is 11.3 Å². The predicted octanol–water partition coefficient (Wildman–Crippen LogP) is 4.20. The maximum Gasteiger partial charge on any atom is 0.0794 e. The van der Waals surface area contributed by atoms with Crippen molar-refractivity contribution in [2.45, 2.75) is 52.1 Å². The van der Waals surface area contributed by atoms with E-state index in [2.05, 4.69) is 46.9 Å². The van der Waals surface area contributed by atoms with Gasteiger partial charge in [0, 0.05) is 18.2 Å². The lowest BCUT2D eigenvalue weighted by Crippen LogP contribution is -2.25. The maximum absolute atomic E-state index is 4.17. The molecule has 0 spiro atoms. The highest BCUT2D eigenvalue weighted by Crippen LogP contribution is 2.25. The molecule has 2 rings (SSSR count). The summed E-state index contributed by atoms with van der Waals surface area (Å²) >= 11 is 1.75. The molecule has 0 saturated carbocycles. The summed E-state index contributed by atoms with van der Waals surface area (Å²) in [6.07, 6.45) is 7.11. The van der Waals surface area contributed by atoms with Crippen molar-refractivity contribution >= 4 is 11.3 Å². The third kappa shape index (κ3) is 4.18. The number of unbranched alkanes of at least 4 members (excludes halogenated alkanes) is 2. The van der Waals surface area contributed by atoms with E-state index in [9.17, 15) is 0 Å². The Bertz CT molecular complexity index is 461. The fraction of sp³-hybridized carbons (Fsp3) is 0.533. The van der Waals surface area contributed by atoms with E-state index in [1.165, 1.54) is 36.1 Å². The van der Waals surface area contributed by atoms with Gasteiger partial charge in [-0.25, -0.2) is 0 Å². The number of H-pyrrole nitrogens is 1. The van der Waals surface area contributed by atoms with Crippen molar-refractivity contribution in [2.75, 3.05) is 0 Å². The van der Waals surface area contributed by atoms with Crippen LogP contribution < -0.4 is 5.32 Å². The maximum atomic E-state index is 4.17. The summed E-state index contributed by atoms with van der Waals surface area (Å²) in [6, 6.07) is 4.77. The first kappa shape index (κ1) is 14.3. The van der Waals surface area contributed by atoms with Crippen LogP contribution in [0.25, 0.3) is 10.6 Å². The molecule has 0 amide bonds. The molecule has 2 N–H and O–H groups in total. The number of aromatic nitrogens is 2. The smallest absolute Gasteiger partial charge is 0.0794 e. The number of hydrogen-bond donors (Lipinski definition) is 2. The van der Waals surface area contributed by atoms with Crippen LogP contribution in [0, 0.1) is 0 Å². The van der Waals surface area contributed by atoms with Crippen LogP contribution in [0.2, 0.25) is 0 Å². The molecule has 2 heterocycles. The minimum Gasteiger partial charge on any atom is -0.310 e. The highest BCUT2D eigenvalue weighted by atomic mass is 32.1. The number of nitrogens with one attached hydrogen (secondary N) is 2. The van der Waals surface area contributed by atoms with Gasteiger partial charge in [-0.15, -0.1) is 11.3 Å². The van der Waals surface area contributed by atoms with Gasteiger partial charge in [-0.1, -0.05) is 32.3 Å². The van der Waals surface area contributed by atoms with Crippen LogP contribution in [-0.4, -0.2) is 16.2 Å². The molecule has 0 saturated heterocycles. The van der Waals surface area contributed by atoms with Crippen LogP contribution in [0.4, 0.5) is 0 Å². The summed E-state index contributed by atoms with van der Waals surface area (Å²) < 4.78 is 0. The Hall–Kier alpha value is -1.13. The second-order valence-electron chi connectivity index (χ2n) is 5.03. The van der Waals surface area contributed by atoms with E-state index < -0.39 is 0 Å². The van der Waals surface area contributed by atoms with Gasteiger partial charge in [0.2, 0.25) is 0 Å². The summed E-state index contributed by atoms with van der Waals surface area (Å²) in [7, 11) is 0. The number of aromatic amines is 1. The number of hydrogen-bond acceptors (Lipinski definition) is 3.